The van der Waals surface area contributed by atoms with Crippen LogP contribution >= 0.6 is 11.6 Å². The second-order valence-corrected chi connectivity index (χ2v) is 13.1. The van der Waals surface area contributed by atoms with Crippen molar-refractivity contribution in [2.45, 2.75) is 89.5 Å². The highest BCUT2D eigenvalue weighted by Crippen LogP contribution is 2.49. The smallest absolute Gasteiger partial charge is 0.291 e. The number of nitrogens with one attached hydrogen (secondary N) is 3. The van der Waals surface area contributed by atoms with E-state index >= 15 is 0 Å². The van der Waals surface area contributed by atoms with Crippen LogP contribution in [0.3, 0.4) is 0 Å². The molecule has 0 aromatic rings. The largest absolute Gasteiger partial charge is 0.353 e. The zero-order valence-electron chi connectivity index (χ0n) is 23.0. The lowest BCUT2D eigenvalue weighted by molar-refractivity contribution is -0.150. The van der Waals surface area contributed by atoms with Crippen LogP contribution in [0, 0.1) is 29.1 Å². The van der Waals surface area contributed by atoms with Gasteiger partial charge >= 0.3 is 0 Å². The summed E-state index contributed by atoms with van der Waals surface area (Å²) >= 11 is 5.41. The van der Waals surface area contributed by atoms with Gasteiger partial charge in [-0.15, -0.1) is 0 Å². The molecule has 4 rings (SSSR count). The molecule has 2 aliphatic carbocycles. The number of rotatable bonds is 7. The van der Waals surface area contributed by atoms with E-state index in [1.165, 1.54) is 4.90 Å². The summed E-state index contributed by atoms with van der Waals surface area (Å²) in [4.78, 5) is 66.3. The lowest BCUT2D eigenvalue weighted by Gasteiger charge is -2.37. The van der Waals surface area contributed by atoms with Crippen LogP contribution in [-0.4, -0.2) is 82.2 Å². The summed E-state index contributed by atoms with van der Waals surface area (Å²) in [5.74, 6) is -9.42. The van der Waals surface area contributed by atoms with Gasteiger partial charge in [0.05, 0.1) is 12.5 Å². The van der Waals surface area contributed by atoms with E-state index in [4.69, 9.17) is 11.6 Å². The number of alkyl halides is 4. The molecule has 0 radical (unpaired) electrons. The Labute approximate surface area is 236 Å². The zero-order chi connectivity index (χ0) is 29.7. The number of hydrogen-bond donors (Lipinski definition) is 3. The minimum atomic E-state index is -3.11. The van der Waals surface area contributed by atoms with Crippen molar-refractivity contribution in [2.24, 2.45) is 29.1 Å². The lowest BCUT2D eigenvalue weighted by Crippen LogP contribution is -2.61. The van der Waals surface area contributed by atoms with Crippen LogP contribution in [-0.2, 0) is 24.0 Å². The summed E-state index contributed by atoms with van der Waals surface area (Å²) in [6, 6.07) is -2.40. The van der Waals surface area contributed by atoms with Gasteiger partial charge in [-0.05, 0) is 43.4 Å². The molecule has 4 aliphatic rings. The van der Waals surface area contributed by atoms with Crippen LogP contribution in [0.1, 0.15) is 59.8 Å². The van der Waals surface area contributed by atoms with Crippen molar-refractivity contribution < 1.29 is 37.1 Å². The maximum absolute atomic E-state index is 13.9. The number of amides is 5. The fraction of sp³-hybridized carbons (Fsp3) is 0.808. The first kappa shape index (κ1) is 30.4. The lowest BCUT2D eigenvalue weighted by atomic mass is 9.85. The number of fused-ring (bicyclic) bond motifs is 1. The van der Waals surface area contributed by atoms with E-state index in [1.807, 2.05) is 0 Å². The Kier molecular flexibility index (Phi) is 8.37. The topological polar surface area (TPSA) is 128 Å². The maximum atomic E-state index is 13.9. The first-order valence-electron chi connectivity index (χ1n) is 13.7. The minimum absolute atomic E-state index is 0.0173. The molecule has 224 valence electrons. The summed E-state index contributed by atoms with van der Waals surface area (Å²) in [5, 5.41) is 5.90. The monoisotopic (exact) mass is 591 g/mol. The molecule has 0 unspecified atom stereocenters. The van der Waals surface area contributed by atoms with Crippen molar-refractivity contribution in [3.05, 3.63) is 0 Å². The van der Waals surface area contributed by atoms with Gasteiger partial charge in [0.2, 0.25) is 17.7 Å². The summed E-state index contributed by atoms with van der Waals surface area (Å²) in [6.45, 7) is 6.73. The first-order valence-corrected chi connectivity index (χ1v) is 14.1. The second-order valence-electron chi connectivity index (χ2n) is 12.7. The van der Waals surface area contributed by atoms with E-state index in [2.05, 4.69) is 16.1 Å². The van der Waals surface area contributed by atoms with Crippen LogP contribution in [0.25, 0.3) is 0 Å². The standard InChI is InChI=1S/C26H37ClF3N5O5/c1-12-8-14(20(36)31-12)11-35(24(40)19(27)28)33-22(38)17-15-7-5-6-13(15)10-34(17)23(39)18(25(2,3)4)32-21(37)16-9-26(16,29)30/h12-19H,5-11H2,1-4H3,(H,31,36)(H,32,37)(H,33,38)/t12-,13+,14+,15+,16+,17+,18-,19-/m1/s1. The maximum Gasteiger partial charge on any atom is 0.291 e. The molecule has 0 spiro atoms. The van der Waals surface area contributed by atoms with Gasteiger partial charge in [0.25, 0.3) is 23.4 Å². The molecule has 0 bridgehead atoms. The van der Waals surface area contributed by atoms with Crippen molar-refractivity contribution >= 4 is 41.1 Å². The third-order valence-corrected chi connectivity index (χ3v) is 8.67. The minimum Gasteiger partial charge on any atom is -0.353 e. The van der Waals surface area contributed by atoms with Gasteiger partial charge in [-0.2, -0.15) is 0 Å². The van der Waals surface area contributed by atoms with E-state index in [0.717, 1.165) is 12.8 Å². The van der Waals surface area contributed by atoms with Crippen molar-refractivity contribution in [2.75, 3.05) is 13.1 Å². The highest BCUT2D eigenvalue weighted by molar-refractivity contribution is 6.29. The number of carbonyl (C=O) groups is 5. The van der Waals surface area contributed by atoms with Gasteiger partial charge in [-0.1, -0.05) is 38.8 Å². The number of hydrogen-bond acceptors (Lipinski definition) is 5. The third kappa shape index (κ3) is 6.18. The van der Waals surface area contributed by atoms with Crippen molar-refractivity contribution in [1.29, 1.82) is 0 Å². The van der Waals surface area contributed by atoms with Gasteiger partial charge in [0.1, 0.15) is 18.0 Å². The van der Waals surface area contributed by atoms with Crippen molar-refractivity contribution in [1.82, 2.24) is 26.0 Å². The molecule has 2 saturated carbocycles. The van der Waals surface area contributed by atoms with Crippen LogP contribution in [0.2, 0.25) is 0 Å². The Bertz CT molecular complexity index is 1070. The number of carbonyl (C=O) groups excluding carboxylic acids is 5. The van der Waals surface area contributed by atoms with Crippen LogP contribution in [0.15, 0.2) is 0 Å². The highest BCUT2D eigenvalue weighted by Gasteiger charge is 2.62. The van der Waals surface area contributed by atoms with Crippen LogP contribution in [0.5, 0.6) is 0 Å². The molecule has 3 N–H and O–H groups in total. The molecule has 5 amide bonds. The van der Waals surface area contributed by atoms with E-state index in [1.54, 1.807) is 27.7 Å². The average molecular weight is 592 g/mol. The summed E-state index contributed by atoms with van der Waals surface area (Å²) < 4.78 is 41.0. The van der Waals surface area contributed by atoms with Gasteiger partial charge in [-0.25, -0.2) is 18.2 Å². The Balaban J connectivity index is 1.55. The Hall–Kier alpha value is -2.57. The van der Waals surface area contributed by atoms with Crippen LogP contribution in [0.4, 0.5) is 13.2 Å². The fourth-order valence-corrected chi connectivity index (χ4v) is 6.38. The predicted molar refractivity (Wildman–Crippen MR) is 137 cm³/mol. The predicted octanol–water partition coefficient (Wildman–Crippen LogP) is 1.72. The van der Waals surface area contributed by atoms with Crippen molar-refractivity contribution in [3.8, 4) is 0 Å². The van der Waals surface area contributed by atoms with Crippen molar-refractivity contribution in [3.63, 3.8) is 0 Å². The molecule has 8 atom stereocenters. The Morgan fingerprint density at radius 1 is 1.20 bits per heavy atom. The van der Waals surface area contributed by atoms with Gasteiger partial charge in [-0.3, -0.25) is 29.4 Å². The summed E-state index contributed by atoms with van der Waals surface area (Å²) in [7, 11) is 0. The molecule has 10 nitrogen and oxygen atoms in total. The molecule has 40 heavy (non-hydrogen) atoms. The Morgan fingerprint density at radius 2 is 1.85 bits per heavy atom. The molecule has 0 aromatic heterocycles. The molecular weight excluding hydrogens is 555 g/mol. The van der Waals surface area contributed by atoms with E-state index in [-0.39, 0.29) is 36.9 Å². The average Bonchev–Trinajstić information content (AvgIpc) is 3.16. The molecule has 2 heterocycles. The molecular formula is C26H37ClF3N5O5. The second kappa shape index (κ2) is 11.0. The zero-order valence-corrected chi connectivity index (χ0v) is 23.8. The number of halogens is 4. The Morgan fingerprint density at radius 3 is 2.38 bits per heavy atom. The third-order valence-electron chi connectivity index (χ3n) is 8.48. The highest BCUT2D eigenvalue weighted by atomic mass is 35.5. The number of nitrogens with zero attached hydrogens (tertiary/aromatic N) is 2. The van der Waals surface area contributed by atoms with Gasteiger partial charge in [0, 0.05) is 19.0 Å². The van der Waals surface area contributed by atoms with E-state index in [9.17, 15) is 37.1 Å². The summed E-state index contributed by atoms with van der Waals surface area (Å²) in [5.41, 5.74) is -0.922. The molecule has 2 aliphatic heterocycles. The SMILES string of the molecule is C[C@@H]1C[C@@H](CN(NC(=O)[C@@H]2[C@H]3CCC[C@H]3CN2C(=O)[C@@H](NC(=O)[C@@H]2CC2(F)F)C(C)(C)C)C(=O)[C@@H](F)Cl)C(=O)N1. The van der Waals surface area contributed by atoms with Gasteiger partial charge in [0.15, 0.2) is 0 Å². The summed E-state index contributed by atoms with van der Waals surface area (Å²) in [6.07, 6.45) is 2.00. The number of likely N-dealkylation sites (tertiary alicyclic amines) is 1. The molecule has 0 aromatic carbocycles. The fourth-order valence-electron chi connectivity index (χ4n) is 6.26. The van der Waals surface area contributed by atoms with Crippen LogP contribution < -0.4 is 16.1 Å². The quantitative estimate of drug-likeness (QED) is 0.307. The molecule has 14 heteroatoms. The molecule has 2 saturated heterocycles. The van der Waals surface area contributed by atoms with E-state index in [0.29, 0.717) is 17.9 Å². The number of hydrazine groups is 1. The van der Waals surface area contributed by atoms with E-state index < -0.39 is 70.9 Å². The molecule has 4 fully saturated rings. The normalized spacial score (nSPS) is 32.1. The van der Waals surface area contributed by atoms with Gasteiger partial charge < -0.3 is 15.5 Å². The first-order chi connectivity index (χ1) is 18.5.